The number of carboxylic acids is 1. The number of carbonyl (C=O) groups excluding carboxylic acids is 1. The largest absolute Gasteiger partial charge is 0.476 e. The first kappa shape index (κ1) is 24.8. The number of anilines is 1. The van der Waals surface area contributed by atoms with Crippen molar-refractivity contribution in [3.63, 3.8) is 0 Å². The van der Waals surface area contributed by atoms with Crippen molar-refractivity contribution in [2.75, 3.05) is 5.32 Å². The Hall–Kier alpha value is -2.47. The van der Waals surface area contributed by atoms with Gasteiger partial charge in [-0.05, 0) is 28.1 Å². The summed E-state index contributed by atoms with van der Waals surface area (Å²) in [6, 6.07) is 10.1. The average molecular weight is 579 g/mol. The molecule has 14 heteroatoms. The number of benzene rings is 1. The zero-order valence-corrected chi connectivity index (χ0v) is 19.7. The van der Waals surface area contributed by atoms with Gasteiger partial charge < -0.3 is 9.63 Å². The Bertz CT molecular complexity index is 1140. The Morgan fingerprint density at radius 3 is 2.35 bits per heavy atom. The van der Waals surface area contributed by atoms with E-state index in [0.29, 0.717) is 21.7 Å². The number of hydrogen-bond acceptors (Lipinski definition) is 8. The monoisotopic (exact) mass is 577 g/mol. The van der Waals surface area contributed by atoms with Crippen molar-refractivity contribution in [3.8, 4) is 11.5 Å². The van der Waals surface area contributed by atoms with E-state index in [2.05, 4.69) is 35.3 Å². The quantitative estimate of drug-likeness (QED) is 0.200. The normalized spacial score (nSPS) is 12.3. The molecule has 2 aromatic heterocycles. The Morgan fingerprint density at radius 1 is 1.23 bits per heavy atom. The molecule has 0 fully saturated rings. The van der Waals surface area contributed by atoms with Crippen molar-refractivity contribution in [1.82, 2.24) is 10.1 Å². The van der Waals surface area contributed by atoms with E-state index >= 15 is 0 Å². The predicted molar refractivity (Wildman–Crippen MR) is 112 cm³/mol. The van der Waals surface area contributed by atoms with Crippen LogP contribution in [-0.2, 0) is 12.4 Å². The number of nitrogens with one attached hydrogen (secondary N) is 1. The summed E-state index contributed by atoms with van der Waals surface area (Å²) in [4.78, 5) is 25.4. The topological polar surface area (TPSA) is 172 Å². The number of aromatic nitrogens is 2. The fraction of sp³-hybridized carbons (Fsp3) is 0.0588. The summed E-state index contributed by atoms with van der Waals surface area (Å²) in [5.41, 5.74) is 0.645. The van der Waals surface area contributed by atoms with Gasteiger partial charge in [0, 0.05) is 6.07 Å². The van der Waals surface area contributed by atoms with Crippen LogP contribution in [0.4, 0.5) is 5.69 Å². The van der Waals surface area contributed by atoms with Crippen LogP contribution in [0.15, 0.2) is 51.6 Å². The molecule has 0 spiro atoms. The molecular weight excluding hydrogens is 564 g/mol. The van der Waals surface area contributed by atoms with Crippen LogP contribution >= 0.6 is 27.5 Å². The predicted octanol–water partition coefficient (Wildman–Crippen LogP) is 2.55. The standard InChI is InChI=1S/C9H4BrClN2O3.C8H10AsNO5/c10-7-3-6(16-13-7)5-2-1-4(11)8(12-5)9(14)15;1-6(11)10-8-4-2-7(3-5-8)9(12,13)15-14/h1-3H,(H,14,15);2-5,14H,1H3,(H,10,11)(H,12,13). The summed E-state index contributed by atoms with van der Waals surface area (Å²) in [7, 11) is 0. The Balaban J connectivity index is 0.000000221. The number of hydrogen-bond donors (Lipinski definition) is 4. The molecule has 0 radical (unpaired) electrons. The van der Waals surface area contributed by atoms with Crippen molar-refractivity contribution in [2.45, 2.75) is 6.92 Å². The van der Waals surface area contributed by atoms with E-state index in [-0.39, 0.29) is 21.0 Å². The third-order valence-electron chi connectivity index (χ3n) is 3.41. The summed E-state index contributed by atoms with van der Waals surface area (Å²) in [6.45, 7) is 1.35. The number of pyridine rings is 1. The van der Waals surface area contributed by atoms with E-state index in [0.717, 1.165) is 0 Å². The van der Waals surface area contributed by atoms with Gasteiger partial charge in [0.15, 0.2) is 11.5 Å². The van der Waals surface area contributed by atoms with Crippen LogP contribution in [-0.4, -0.2) is 50.6 Å². The summed E-state index contributed by atoms with van der Waals surface area (Å²) >= 11 is 4.04. The number of halogens is 2. The first-order valence-electron chi connectivity index (χ1n) is 8.10. The van der Waals surface area contributed by atoms with Gasteiger partial charge >= 0.3 is 94.4 Å². The molecule has 0 bridgehead atoms. The second-order valence-corrected chi connectivity index (χ2v) is 10.5. The maximum absolute atomic E-state index is 11.2. The Morgan fingerprint density at radius 2 is 1.87 bits per heavy atom. The van der Waals surface area contributed by atoms with Gasteiger partial charge in [0.1, 0.15) is 10.3 Å². The van der Waals surface area contributed by atoms with Crippen molar-refractivity contribution >= 4 is 63.6 Å². The molecule has 1 amide bonds. The van der Waals surface area contributed by atoms with Gasteiger partial charge in [-0.25, -0.2) is 9.78 Å². The molecule has 1 unspecified atom stereocenters. The Kier molecular flexibility index (Phi) is 8.57. The number of aromatic carboxylic acids is 1. The number of amides is 1. The van der Waals surface area contributed by atoms with E-state index in [4.69, 9.17) is 30.6 Å². The van der Waals surface area contributed by atoms with Crippen LogP contribution < -0.4 is 9.67 Å². The SMILES string of the molecule is CC(=O)Nc1ccc([As](=O)(O)OO)cc1.O=C(O)c1nc(-c2cc(Br)no2)ccc1Cl. The zero-order valence-electron chi connectivity index (χ0n) is 15.5. The van der Waals surface area contributed by atoms with Gasteiger partial charge in [0.05, 0.1) is 5.02 Å². The van der Waals surface area contributed by atoms with Crippen LogP contribution in [0.5, 0.6) is 0 Å². The summed E-state index contributed by atoms with van der Waals surface area (Å²) < 4.78 is 29.3. The molecule has 0 saturated heterocycles. The molecule has 1 atom stereocenters. The summed E-state index contributed by atoms with van der Waals surface area (Å²) in [6.07, 6.45) is 0. The number of carboxylic acid groups (broad SMARTS) is 1. The van der Waals surface area contributed by atoms with Crippen molar-refractivity contribution in [1.29, 1.82) is 0 Å². The molecule has 11 nitrogen and oxygen atoms in total. The maximum atomic E-state index is 11.2. The smallest absolute Gasteiger partial charge is 0.356 e. The molecule has 3 rings (SSSR count). The maximum Gasteiger partial charge on any atom is 0.356 e. The summed E-state index contributed by atoms with van der Waals surface area (Å²) in [5.74, 6) is -1.06. The van der Waals surface area contributed by atoms with Crippen LogP contribution in [0, 0.1) is 0 Å². The van der Waals surface area contributed by atoms with Crippen LogP contribution in [0.25, 0.3) is 11.5 Å². The minimum Gasteiger partial charge on any atom is -0.476 e. The van der Waals surface area contributed by atoms with Crippen LogP contribution in [0.1, 0.15) is 17.4 Å². The molecule has 4 N–H and O–H groups in total. The molecule has 0 aliphatic rings. The van der Waals surface area contributed by atoms with Crippen molar-refractivity contribution in [2.24, 2.45) is 0 Å². The molecule has 1 aromatic carbocycles. The second-order valence-electron chi connectivity index (χ2n) is 5.68. The van der Waals surface area contributed by atoms with Crippen molar-refractivity contribution in [3.05, 3.63) is 57.8 Å². The minimum absolute atomic E-state index is 0.00438. The first-order chi connectivity index (χ1) is 14.5. The third-order valence-corrected chi connectivity index (χ3v) is 6.54. The number of nitrogens with zero attached hydrogens (tertiary/aromatic N) is 2. The van der Waals surface area contributed by atoms with E-state index in [1.165, 1.54) is 37.3 Å². The molecule has 2 heterocycles. The molecule has 164 valence electrons. The van der Waals surface area contributed by atoms with Gasteiger partial charge in [-0.15, -0.1) is 0 Å². The Labute approximate surface area is 191 Å². The number of carbonyl (C=O) groups is 2. The average Bonchev–Trinajstić information content (AvgIpc) is 3.15. The molecule has 3 aromatic rings. The molecule has 0 aliphatic carbocycles. The zero-order chi connectivity index (χ0) is 23.2. The molecule has 31 heavy (non-hydrogen) atoms. The first-order valence-corrected chi connectivity index (χ1v) is 12.6. The number of rotatable bonds is 5. The molecule has 0 aliphatic heterocycles. The third kappa shape index (κ3) is 7.03. The summed E-state index contributed by atoms with van der Waals surface area (Å²) in [5, 5.41) is 23.2. The van der Waals surface area contributed by atoms with E-state index in [9.17, 15) is 13.3 Å². The van der Waals surface area contributed by atoms with Gasteiger partial charge in [0.2, 0.25) is 0 Å². The van der Waals surface area contributed by atoms with Crippen LogP contribution in [0.3, 0.4) is 0 Å². The van der Waals surface area contributed by atoms with E-state index < -0.39 is 20.1 Å². The second kappa shape index (κ2) is 10.7. The molecule has 0 saturated carbocycles. The van der Waals surface area contributed by atoms with Gasteiger partial charge in [-0.2, -0.15) is 0 Å². The molecular formula is C17H14AsBrClN3O8. The minimum atomic E-state index is -4.76. The van der Waals surface area contributed by atoms with Gasteiger partial charge in [-0.3, -0.25) is 0 Å². The fourth-order valence-corrected chi connectivity index (χ4v) is 3.85. The fourth-order valence-electron chi connectivity index (χ4n) is 2.09. The van der Waals surface area contributed by atoms with Crippen molar-refractivity contribution < 1.29 is 36.2 Å². The van der Waals surface area contributed by atoms with Gasteiger partial charge in [-0.1, -0.05) is 16.8 Å². The van der Waals surface area contributed by atoms with Crippen LogP contribution in [0.2, 0.25) is 5.02 Å². The van der Waals surface area contributed by atoms with E-state index in [1.54, 1.807) is 12.1 Å². The van der Waals surface area contributed by atoms with E-state index in [1.807, 2.05) is 0 Å². The van der Waals surface area contributed by atoms with Gasteiger partial charge in [0.25, 0.3) is 0 Å².